The zero-order chi connectivity index (χ0) is 10.7. The Morgan fingerprint density at radius 2 is 2.33 bits per heavy atom. The summed E-state index contributed by atoms with van der Waals surface area (Å²) in [6, 6.07) is -0.0123. The van der Waals surface area contributed by atoms with Crippen LogP contribution in [0.25, 0.3) is 0 Å². The van der Waals surface area contributed by atoms with Crippen molar-refractivity contribution in [2.75, 3.05) is 5.32 Å². The van der Waals surface area contributed by atoms with Crippen LogP contribution in [-0.2, 0) is 4.79 Å². The maximum atomic E-state index is 11.8. The monoisotopic (exact) mass is 206 g/mol. The fourth-order valence-electron chi connectivity index (χ4n) is 1.90. The van der Waals surface area contributed by atoms with E-state index < -0.39 is 0 Å². The van der Waals surface area contributed by atoms with Crippen molar-refractivity contribution >= 4 is 11.7 Å². The zero-order valence-electron chi connectivity index (χ0n) is 8.39. The molecule has 1 amide bonds. The molecule has 1 fully saturated rings. The van der Waals surface area contributed by atoms with E-state index in [2.05, 4.69) is 15.3 Å². The Labute approximate surface area is 88.1 Å². The van der Waals surface area contributed by atoms with Gasteiger partial charge in [-0.15, -0.1) is 0 Å². The van der Waals surface area contributed by atoms with Gasteiger partial charge in [-0.2, -0.15) is 0 Å². The average molecular weight is 206 g/mol. The van der Waals surface area contributed by atoms with Gasteiger partial charge in [-0.3, -0.25) is 9.78 Å². The summed E-state index contributed by atoms with van der Waals surface area (Å²) in [5.74, 6) is 0.370. The number of nitrogens with two attached hydrogens (primary N) is 1. The summed E-state index contributed by atoms with van der Waals surface area (Å²) in [4.78, 5) is 19.6. The summed E-state index contributed by atoms with van der Waals surface area (Å²) in [6.45, 7) is 0. The number of nitrogens with zero attached hydrogens (tertiary/aromatic N) is 2. The van der Waals surface area contributed by atoms with Gasteiger partial charge in [0.15, 0.2) is 5.82 Å². The van der Waals surface area contributed by atoms with E-state index in [0.717, 1.165) is 19.3 Å². The Balaban J connectivity index is 1.98. The van der Waals surface area contributed by atoms with Crippen LogP contribution in [0.15, 0.2) is 18.6 Å². The second-order valence-corrected chi connectivity index (χ2v) is 3.78. The Hall–Kier alpha value is -1.49. The van der Waals surface area contributed by atoms with Crippen molar-refractivity contribution < 1.29 is 4.79 Å². The minimum absolute atomic E-state index is 0.0123. The van der Waals surface area contributed by atoms with E-state index in [1.807, 2.05) is 0 Å². The molecule has 1 aliphatic rings. The smallest absolute Gasteiger partial charge is 0.230 e. The van der Waals surface area contributed by atoms with Crippen molar-refractivity contribution in [3.63, 3.8) is 0 Å². The molecule has 0 aliphatic heterocycles. The van der Waals surface area contributed by atoms with E-state index in [0.29, 0.717) is 5.82 Å². The average Bonchev–Trinajstić information content (AvgIpc) is 2.66. The summed E-state index contributed by atoms with van der Waals surface area (Å²) >= 11 is 0. The molecule has 2 rings (SSSR count). The maximum Gasteiger partial charge on any atom is 0.230 e. The first kappa shape index (κ1) is 10.0. The SMILES string of the molecule is NC1CCCC1C(=O)Nc1cnccn1. The number of nitrogens with one attached hydrogen (secondary N) is 1. The lowest BCUT2D eigenvalue weighted by Crippen LogP contribution is -2.34. The molecule has 0 aromatic carbocycles. The molecule has 0 saturated heterocycles. The van der Waals surface area contributed by atoms with Gasteiger partial charge in [-0.25, -0.2) is 4.98 Å². The Morgan fingerprint density at radius 1 is 1.47 bits per heavy atom. The lowest BCUT2D eigenvalue weighted by molar-refractivity contribution is -0.120. The van der Waals surface area contributed by atoms with Crippen LogP contribution in [0.5, 0.6) is 0 Å². The number of carbonyl (C=O) groups is 1. The molecule has 2 atom stereocenters. The Morgan fingerprint density at radius 3 is 2.93 bits per heavy atom. The van der Waals surface area contributed by atoms with E-state index in [-0.39, 0.29) is 17.9 Å². The fraction of sp³-hybridized carbons (Fsp3) is 0.500. The molecule has 2 unspecified atom stereocenters. The normalized spacial score (nSPS) is 25.1. The first-order chi connectivity index (χ1) is 7.27. The van der Waals surface area contributed by atoms with Crippen molar-refractivity contribution in [1.82, 2.24) is 9.97 Å². The van der Waals surface area contributed by atoms with Crippen molar-refractivity contribution in [2.24, 2.45) is 11.7 Å². The van der Waals surface area contributed by atoms with Gasteiger partial charge in [0, 0.05) is 18.4 Å². The van der Waals surface area contributed by atoms with Gasteiger partial charge in [-0.05, 0) is 12.8 Å². The number of aromatic nitrogens is 2. The number of rotatable bonds is 2. The third kappa shape index (κ3) is 2.30. The van der Waals surface area contributed by atoms with Crippen LogP contribution in [0.1, 0.15) is 19.3 Å². The van der Waals surface area contributed by atoms with Gasteiger partial charge in [0.05, 0.1) is 12.1 Å². The van der Waals surface area contributed by atoms with E-state index in [1.165, 1.54) is 6.20 Å². The number of hydrogen-bond acceptors (Lipinski definition) is 4. The third-order valence-electron chi connectivity index (χ3n) is 2.72. The van der Waals surface area contributed by atoms with Crippen LogP contribution >= 0.6 is 0 Å². The summed E-state index contributed by atoms with van der Waals surface area (Å²) in [7, 11) is 0. The Bertz CT molecular complexity index is 341. The van der Waals surface area contributed by atoms with Crippen LogP contribution in [0.4, 0.5) is 5.82 Å². The second-order valence-electron chi connectivity index (χ2n) is 3.78. The van der Waals surface area contributed by atoms with Crippen LogP contribution in [0.3, 0.4) is 0 Å². The summed E-state index contributed by atoms with van der Waals surface area (Å²) in [5.41, 5.74) is 5.84. The van der Waals surface area contributed by atoms with Crippen LogP contribution in [-0.4, -0.2) is 21.9 Å². The molecule has 0 bridgehead atoms. The predicted octanol–water partition coefficient (Wildman–Crippen LogP) is 0.542. The standard InChI is InChI=1S/C10H14N4O/c11-8-3-1-2-7(8)10(15)14-9-6-12-4-5-13-9/h4-8H,1-3,11H2,(H,13,14,15). The van der Waals surface area contributed by atoms with Gasteiger partial charge in [0.25, 0.3) is 0 Å². The van der Waals surface area contributed by atoms with Crippen molar-refractivity contribution in [3.8, 4) is 0 Å². The van der Waals surface area contributed by atoms with Crippen molar-refractivity contribution in [1.29, 1.82) is 0 Å². The predicted molar refractivity (Wildman–Crippen MR) is 56.0 cm³/mol. The molecule has 15 heavy (non-hydrogen) atoms. The first-order valence-electron chi connectivity index (χ1n) is 5.10. The number of carbonyl (C=O) groups excluding carboxylic acids is 1. The van der Waals surface area contributed by atoms with Crippen LogP contribution in [0, 0.1) is 5.92 Å². The topological polar surface area (TPSA) is 80.9 Å². The second kappa shape index (κ2) is 4.35. The minimum Gasteiger partial charge on any atom is -0.327 e. The van der Waals surface area contributed by atoms with E-state index in [4.69, 9.17) is 5.73 Å². The molecule has 3 N–H and O–H groups in total. The fourth-order valence-corrected chi connectivity index (χ4v) is 1.90. The van der Waals surface area contributed by atoms with Crippen molar-refractivity contribution in [2.45, 2.75) is 25.3 Å². The highest BCUT2D eigenvalue weighted by molar-refractivity contribution is 5.92. The van der Waals surface area contributed by atoms with Gasteiger partial charge < -0.3 is 11.1 Å². The summed E-state index contributed by atoms with van der Waals surface area (Å²) < 4.78 is 0. The minimum atomic E-state index is -0.0768. The van der Waals surface area contributed by atoms with Crippen molar-refractivity contribution in [3.05, 3.63) is 18.6 Å². The molecule has 1 heterocycles. The van der Waals surface area contributed by atoms with Gasteiger partial charge >= 0.3 is 0 Å². The third-order valence-corrected chi connectivity index (χ3v) is 2.72. The molecule has 80 valence electrons. The molecule has 0 spiro atoms. The van der Waals surface area contributed by atoms with Crippen LogP contribution in [0.2, 0.25) is 0 Å². The van der Waals surface area contributed by atoms with Gasteiger partial charge in [0.2, 0.25) is 5.91 Å². The largest absolute Gasteiger partial charge is 0.327 e. The quantitative estimate of drug-likeness (QED) is 0.740. The van der Waals surface area contributed by atoms with E-state index in [9.17, 15) is 4.79 Å². The molecule has 5 heteroatoms. The molecular weight excluding hydrogens is 192 g/mol. The van der Waals surface area contributed by atoms with Gasteiger partial charge in [0.1, 0.15) is 0 Å². The Kier molecular flexibility index (Phi) is 2.91. The molecule has 1 aliphatic carbocycles. The maximum absolute atomic E-state index is 11.8. The first-order valence-corrected chi connectivity index (χ1v) is 5.10. The zero-order valence-corrected chi connectivity index (χ0v) is 8.39. The molecule has 5 nitrogen and oxygen atoms in total. The van der Waals surface area contributed by atoms with E-state index >= 15 is 0 Å². The highest BCUT2D eigenvalue weighted by Crippen LogP contribution is 2.24. The highest BCUT2D eigenvalue weighted by Gasteiger charge is 2.30. The molecular formula is C10H14N4O. The highest BCUT2D eigenvalue weighted by atomic mass is 16.2. The molecule has 1 saturated carbocycles. The lowest BCUT2D eigenvalue weighted by atomic mass is 10.0. The van der Waals surface area contributed by atoms with E-state index in [1.54, 1.807) is 12.4 Å². The number of amides is 1. The summed E-state index contributed by atoms with van der Waals surface area (Å²) in [5, 5.41) is 2.72. The number of anilines is 1. The molecule has 1 aromatic heterocycles. The van der Waals surface area contributed by atoms with Gasteiger partial charge in [-0.1, -0.05) is 6.42 Å². The number of hydrogen-bond donors (Lipinski definition) is 2. The summed E-state index contributed by atoms with van der Waals surface area (Å²) in [6.07, 6.45) is 7.46. The van der Waals surface area contributed by atoms with Crippen LogP contribution < -0.4 is 11.1 Å². The lowest BCUT2D eigenvalue weighted by Gasteiger charge is -2.14. The molecule has 1 aromatic rings. The molecule has 0 radical (unpaired) electrons.